The van der Waals surface area contributed by atoms with Crippen LogP contribution in [0.2, 0.25) is 0 Å². The largest absolute Gasteiger partial charge is 0.331 e. The number of benzene rings is 1. The highest BCUT2D eigenvalue weighted by Gasteiger charge is 2.17. The van der Waals surface area contributed by atoms with Gasteiger partial charge in [0.15, 0.2) is 0 Å². The first-order chi connectivity index (χ1) is 11.2. The third kappa shape index (κ3) is 6.03. The van der Waals surface area contributed by atoms with Gasteiger partial charge in [-0.3, -0.25) is 4.79 Å². The van der Waals surface area contributed by atoms with E-state index in [1.54, 1.807) is 6.20 Å². The maximum Gasteiger partial charge on any atom is 0.224 e. The molecule has 0 bridgehead atoms. The van der Waals surface area contributed by atoms with Gasteiger partial charge >= 0.3 is 0 Å². The fourth-order valence-corrected chi connectivity index (χ4v) is 3.08. The molecule has 1 saturated heterocycles. The van der Waals surface area contributed by atoms with Crippen LogP contribution in [0.1, 0.15) is 30.7 Å². The number of rotatable bonds is 5. The quantitative estimate of drug-likeness (QED) is 0.829. The van der Waals surface area contributed by atoms with Gasteiger partial charge in [0, 0.05) is 24.5 Å². The number of nitrogens with one attached hydrogen (secondary N) is 2. The molecule has 2 N–H and O–H groups in total. The van der Waals surface area contributed by atoms with E-state index in [4.69, 9.17) is 0 Å². The van der Waals surface area contributed by atoms with Crippen LogP contribution in [0.25, 0.3) is 0 Å². The van der Waals surface area contributed by atoms with Crippen LogP contribution in [-0.4, -0.2) is 28.5 Å². The molecule has 1 aliphatic heterocycles. The maximum absolute atomic E-state index is 12.4. The van der Waals surface area contributed by atoms with Crippen LogP contribution in [0.15, 0.2) is 36.7 Å². The van der Waals surface area contributed by atoms with E-state index in [9.17, 15) is 4.79 Å². The topological polar surface area (TPSA) is 59.0 Å². The Labute approximate surface area is 161 Å². The zero-order chi connectivity index (χ0) is 16.1. The molecule has 2 aromatic rings. The number of aromatic nitrogens is 2. The minimum atomic E-state index is 0. The summed E-state index contributed by atoms with van der Waals surface area (Å²) in [5.41, 5.74) is 2.01. The number of aryl methyl sites for hydroxylation is 1. The summed E-state index contributed by atoms with van der Waals surface area (Å²) in [6, 6.07) is 8.00. The van der Waals surface area contributed by atoms with E-state index in [1.165, 1.54) is 0 Å². The molecular weight excluding hydrogens is 359 g/mol. The van der Waals surface area contributed by atoms with Gasteiger partial charge in [-0.05, 0) is 50.4 Å². The molecular formula is C18H26Cl2N4O. The van der Waals surface area contributed by atoms with Gasteiger partial charge in [0.2, 0.25) is 5.91 Å². The highest BCUT2D eigenvalue weighted by Crippen LogP contribution is 2.20. The number of hydrogen-bond donors (Lipinski definition) is 2. The molecule has 0 unspecified atom stereocenters. The lowest BCUT2D eigenvalue weighted by molar-refractivity contribution is -0.117. The average Bonchev–Trinajstić information content (AvgIpc) is 2.95. The van der Waals surface area contributed by atoms with Crippen LogP contribution in [0.3, 0.4) is 0 Å². The Morgan fingerprint density at radius 1 is 1.28 bits per heavy atom. The van der Waals surface area contributed by atoms with E-state index in [-0.39, 0.29) is 30.7 Å². The van der Waals surface area contributed by atoms with Crippen molar-refractivity contribution < 1.29 is 4.79 Å². The molecule has 0 saturated carbocycles. The number of hydrogen-bond acceptors (Lipinski definition) is 3. The molecule has 0 radical (unpaired) electrons. The van der Waals surface area contributed by atoms with Crippen LogP contribution in [0, 0.1) is 12.8 Å². The molecule has 7 heteroatoms. The summed E-state index contributed by atoms with van der Waals surface area (Å²) in [5.74, 6) is 1.59. The second-order valence-corrected chi connectivity index (χ2v) is 6.21. The SMILES string of the molecule is Cc1nccn1Cc1ccccc1NC(=O)CC1CCNCC1.Cl.Cl. The van der Waals surface area contributed by atoms with Crippen molar-refractivity contribution in [1.29, 1.82) is 0 Å². The number of nitrogens with zero attached hydrogens (tertiary/aromatic N) is 2. The van der Waals surface area contributed by atoms with Gasteiger partial charge in [-0.15, -0.1) is 24.8 Å². The van der Waals surface area contributed by atoms with E-state index in [1.807, 2.05) is 31.3 Å². The predicted molar refractivity (Wildman–Crippen MR) is 106 cm³/mol. The van der Waals surface area contributed by atoms with Gasteiger partial charge in [-0.1, -0.05) is 18.2 Å². The number of para-hydroxylation sites is 1. The van der Waals surface area contributed by atoms with Crippen LogP contribution < -0.4 is 10.6 Å². The number of piperidine rings is 1. The van der Waals surface area contributed by atoms with Gasteiger partial charge < -0.3 is 15.2 Å². The van der Waals surface area contributed by atoms with E-state index in [0.29, 0.717) is 12.3 Å². The summed E-state index contributed by atoms with van der Waals surface area (Å²) in [4.78, 5) is 16.6. The molecule has 1 aromatic heterocycles. The molecule has 138 valence electrons. The smallest absolute Gasteiger partial charge is 0.224 e. The summed E-state index contributed by atoms with van der Waals surface area (Å²) in [6.45, 7) is 4.75. The van der Waals surface area contributed by atoms with Crippen LogP contribution in [-0.2, 0) is 11.3 Å². The number of carbonyl (C=O) groups excluding carboxylic acids is 1. The van der Waals surface area contributed by atoms with E-state index in [2.05, 4.69) is 26.3 Å². The lowest BCUT2D eigenvalue weighted by atomic mass is 9.94. The monoisotopic (exact) mass is 384 g/mol. The second-order valence-electron chi connectivity index (χ2n) is 6.21. The van der Waals surface area contributed by atoms with Gasteiger partial charge in [-0.25, -0.2) is 4.98 Å². The highest BCUT2D eigenvalue weighted by atomic mass is 35.5. The lowest BCUT2D eigenvalue weighted by Gasteiger charge is -2.22. The second kappa shape index (κ2) is 10.4. The van der Waals surface area contributed by atoms with Crippen molar-refractivity contribution in [3.8, 4) is 0 Å². The molecule has 3 rings (SSSR count). The van der Waals surface area contributed by atoms with Crippen LogP contribution in [0.4, 0.5) is 5.69 Å². The van der Waals surface area contributed by atoms with Crippen molar-refractivity contribution in [1.82, 2.24) is 14.9 Å². The predicted octanol–water partition coefficient (Wildman–Crippen LogP) is 3.41. The van der Waals surface area contributed by atoms with Crippen molar-refractivity contribution in [2.24, 2.45) is 5.92 Å². The summed E-state index contributed by atoms with van der Waals surface area (Å²) in [5, 5.41) is 6.43. The molecule has 5 nitrogen and oxygen atoms in total. The fraction of sp³-hybridized carbons (Fsp3) is 0.444. The molecule has 1 aliphatic rings. The Morgan fingerprint density at radius 2 is 2.00 bits per heavy atom. The highest BCUT2D eigenvalue weighted by molar-refractivity contribution is 5.91. The van der Waals surface area contributed by atoms with Gasteiger partial charge in [-0.2, -0.15) is 0 Å². The van der Waals surface area contributed by atoms with Crippen molar-refractivity contribution in [2.45, 2.75) is 32.7 Å². The normalized spacial score (nSPS) is 14.3. The molecule has 1 amide bonds. The van der Waals surface area contributed by atoms with Gasteiger partial charge in [0.25, 0.3) is 0 Å². The first-order valence-corrected chi connectivity index (χ1v) is 8.28. The van der Waals surface area contributed by atoms with Crippen LogP contribution >= 0.6 is 24.8 Å². The Morgan fingerprint density at radius 3 is 2.68 bits per heavy atom. The Bertz CT molecular complexity index is 669. The number of carbonyl (C=O) groups is 1. The Hall–Kier alpha value is -1.56. The summed E-state index contributed by atoms with van der Waals surface area (Å²) in [6.07, 6.45) is 6.54. The third-order valence-electron chi connectivity index (χ3n) is 4.49. The molecule has 0 aliphatic carbocycles. The van der Waals surface area contributed by atoms with E-state index in [0.717, 1.165) is 49.6 Å². The van der Waals surface area contributed by atoms with Crippen molar-refractivity contribution >= 4 is 36.4 Å². The summed E-state index contributed by atoms with van der Waals surface area (Å²) >= 11 is 0. The summed E-state index contributed by atoms with van der Waals surface area (Å²) < 4.78 is 2.08. The van der Waals surface area contributed by atoms with Gasteiger partial charge in [0.1, 0.15) is 5.82 Å². The molecule has 2 heterocycles. The number of halogens is 2. The summed E-state index contributed by atoms with van der Waals surface area (Å²) in [7, 11) is 0. The fourth-order valence-electron chi connectivity index (χ4n) is 3.08. The van der Waals surface area contributed by atoms with Crippen molar-refractivity contribution in [3.63, 3.8) is 0 Å². The lowest BCUT2D eigenvalue weighted by Crippen LogP contribution is -2.30. The third-order valence-corrected chi connectivity index (χ3v) is 4.49. The van der Waals surface area contributed by atoms with Crippen LogP contribution in [0.5, 0.6) is 0 Å². The van der Waals surface area contributed by atoms with Crippen molar-refractivity contribution in [3.05, 3.63) is 48.0 Å². The molecule has 25 heavy (non-hydrogen) atoms. The first-order valence-electron chi connectivity index (χ1n) is 8.28. The minimum Gasteiger partial charge on any atom is -0.331 e. The molecule has 1 aromatic carbocycles. The molecule has 0 atom stereocenters. The van der Waals surface area contributed by atoms with Crippen molar-refractivity contribution in [2.75, 3.05) is 18.4 Å². The number of anilines is 1. The van der Waals surface area contributed by atoms with Gasteiger partial charge in [0.05, 0.1) is 6.54 Å². The maximum atomic E-state index is 12.4. The first kappa shape index (κ1) is 21.5. The Kier molecular flexibility index (Phi) is 8.97. The average molecular weight is 385 g/mol. The number of imidazole rings is 1. The number of amides is 1. The zero-order valence-electron chi connectivity index (χ0n) is 14.4. The zero-order valence-corrected chi connectivity index (χ0v) is 16.0. The van der Waals surface area contributed by atoms with E-state index >= 15 is 0 Å². The standard InChI is InChI=1S/C18H24N4O.2ClH/c1-14-20-10-11-22(14)13-16-4-2-3-5-17(16)21-18(23)12-15-6-8-19-9-7-15;;/h2-5,10-11,15,19H,6-9,12-13H2,1H3,(H,21,23);2*1H. The Balaban J connectivity index is 0.00000156. The molecule has 0 spiro atoms. The minimum absolute atomic E-state index is 0. The van der Waals surface area contributed by atoms with E-state index < -0.39 is 0 Å². The molecule has 1 fully saturated rings.